The fraction of sp³-hybridized carbons (Fsp3) is 0.444. The van der Waals surface area contributed by atoms with Gasteiger partial charge in [-0.15, -0.1) is 0 Å². The van der Waals surface area contributed by atoms with Crippen molar-refractivity contribution in [3.8, 4) is 5.75 Å². The van der Waals surface area contributed by atoms with Gasteiger partial charge in [0.15, 0.2) is 0 Å². The minimum absolute atomic E-state index is 0.00697. The van der Waals surface area contributed by atoms with E-state index in [4.69, 9.17) is 4.74 Å². The molecule has 1 aliphatic rings. The van der Waals surface area contributed by atoms with Crippen LogP contribution in [0.25, 0.3) is 0 Å². The first-order valence-corrected chi connectivity index (χ1v) is 8.32. The molecule has 0 saturated carbocycles. The molecule has 1 aliphatic heterocycles. The lowest BCUT2D eigenvalue weighted by molar-refractivity contribution is 0.0741. The summed E-state index contributed by atoms with van der Waals surface area (Å²) in [7, 11) is 1.67. The quantitative estimate of drug-likeness (QED) is 0.937. The van der Waals surface area contributed by atoms with Crippen LogP contribution in [0.5, 0.6) is 5.75 Å². The number of rotatable bonds is 4. The van der Waals surface area contributed by atoms with E-state index >= 15 is 0 Å². The van der Waals surface area contributed by atoms with E-state index in [-0.39, 0.29) is 5.91 Å². The summed E-state index contributed by atoms with van der Waals surface area (Å²) in [5.74, 6) is 1.20. The molecule has 1 saturated heterocycles. The van der Waals surface area contributed by atoms with E-state index in [1.165, 1.54) is 0 Å². The summed E-state index contributed by atoms with van der Waals surface area (Å²) >= 11 is 0. The third-order valence-corrected chi connectivity index (χ3v) is 4.44. The van der Waals surface area contributed by atoms with Crippen molar-refractivity contribution in [3.05, 3.63) is 41.7 Å². The topological polar surface area (TPSA) is 61.5 Å². The summed E-state index contributed by atoms with van der Waals surface area (Å²) < 4.78 is 5.19. The molecule has 128 valence electrons. The number of carbonyl (C=O) groups is 1. The van der Waals surface area contributed by atoms with Crippen molar-refractivity contribution >= 4 is 11.6 Å². The number of H-pyrrole nitrogens is 1. The molecule has 0 aliphatic carbocycles. The Bertz CT molecular complexity index is 685. The van der Waals surface area contributed by atoms with Gasteiger partial charge in [-0.1, -0.05) is 13.8 Å². The van der Waals surface area contributed by atoms with Gasteiger partial charge < -0.3 is 14.5 Å². The van der Waals surface area contributed by atoms with E-state index in [0.717, 1.165) is 30.2 Å². The van der Waals surface area contributed by atoms with Crippen molar-refractivity contribution in [2.45, 2.75) is 19.8 Å². The molecule has 0 radical (unpaired) electrons. The number of ether oxygens (including phenoxy) is 1. The van der Waals surface area contributed by atoms with Gasteiger partial charge in [-0.2, -0.15) is 5.10 Å². The Kier molecular flexibility index (Phi) is 4.74. The highest BCUT2D eigenvalue weighted by molar-refractivity contribution is 5.92. The molecule has 1 fully saturated rings. The van der Waals surface area contributed by atoms with Gasteiger partial charge in [-0.05, 0) is 36.2 Å². The molecular formula is C18H24N4O2. The van der Waals surface area contributed by atoms with Crippen molar-refractivity contribution in [2.24, 2.45) is 0 Å². The lowest BCUT2D eigenvalue weighted by Crippen LogP contribution is -2.48. The summed E-state index contributed by atoms with van der Waals surface area (Å²) in [6, 6.07) is 9.90. The largest absolute Gasteiger partial charge is 0.497 e. The molecule has 0 bridgehead atoms. The predicted molar refractivity (Wildman–Crippen MR) is 93.8 cm³/mol. The van der Waals surface area contributed by atoms with E-state index in [0.29, 0.717) is 24.7 Å². The van der Waals surface area contributed by atoms with Crippen LogP contribution >= 0.6 is 0 Å². The fourth-order valence-electron chi connectivity index (χ4n) is 2.86. The van der Waals surface area contributed by atoms with Crippen molar-refractivity contribution < 1.29 is 9.53 Å². The number of carbonyl (C=O) groups excluding carboxylic acids is 1. The zero-order chi connectivity index (χ0) is 17.1. The zero-order valence-corrected chi connectivity index (χ0v) is 14.5. The van der Waals surface area contributed by atoms with Gasteiger partial charge in [0.25, 0.3) is 5.91 Å². The van der Waals surface area contributed by atoms with E-state index in [1.54, 1.807) is 7.11 Å². The number of methoxy groups -OCH3 is 1. The van der Waals surface area contributed by atoms with Gasteiger partial charge in [0.1, 0.15) is 11.4 Å². The predicted octanol–water partition coefficient (Wildman–Crippen LogP) is 2.50. The molecule has 2 aromatic rings. The molecule has 0 spiro atoms. The van der Waals surface area contributed by atoms with Gasteiger partial charge in [0, 0.05) is 37.6 Å². The van der Waals surface area contributed by atoms with E-state index in [1.807, 2.05) is 23.1 Å². The first-order valence-electron chi connectivity index (χ1n) is 8.32. The molecule has 6 nitrogen and oxygen atoms in total. The third kappa shape index (κ3) is 3.37. The molecule has 1 amide bonds. The summed E-state index contributed by atoms with van der Waals surface area (Å²) in [5.41, 5.74) is 2.66. The van der Waals surface area contributed by atoms with Gasteiger partial charge in [-0.3, -0.25) is 9.89 Å². The van der Waals surface area contributed by atoms with Crippen molar-refractivity contribution in [1.29, 1.82) is 0 Å². The zero-order valence-electron chi connectivity index (χ0n) is 14.5. The lowest BCUT2D eigenvalue weighted by Gasteiger charge is -2.35. The average Bonchev–Trinajstić information content (AvgIpc) is 3.12. The Balaban J connectivity index is 1.60. The summed E-state index contributed by atoms with van der Waals surface area (Å²) in [6.07, 6.45) is 0. The highest BCUT2D eigenvalue weighted by Gasteiger charge is 2.24. The molecule has 1 N–H and O–H groups in total. The smallest absolute Gasteiger partial charge is 0.274 e. The number of benzene rings is 1. The molecule has 6 heteroatoms. The van der Waals surface area contributed by atoms with Crippen molar-refractivity contribution in [2.75, 3.05) is 38.2 Å². The van der Waals surface area contributed by atoms with Crippen LogP contribution < -0.4 is 9.64 Å². The number of amides is 1. The third-order valence-electron chi connectivity index (χ3n) is 4.44. The molecular weight excluding hydrogens is 304 g/mol. The van der Waals surface area contributed by atoms with Crippen molar-refractivity contribution in [1.82, 2.24) is 15.1 Å². The highest BCUT2D eigenvalue weighted by atomic mass is 16.5. The molecule has 0 unspecified atom stereocenters. The van der Waals surface area contributed by atoms with Gasteiger partial charge in [-0.25, -0.2) is 0 Å². The fourth-order valence-corrected chi connectivity index (χ4v) is 2.86. The first kappa shape index (κ1) is 16.4. The molecule has 3 rings (SSSR count). The number of aromatic nitrogens is 2. The SMILES string of the molecule is COc1ccc(N2CCN(C(=O)c3cc(C(C)C)[nH]n3)CC2)cc1. The summed E-state index contributed by atoms with van der Waals surface area (Å²) in [5, 5.41) is 7.12. The number of hydrogen-bond acceptors (Lipinski definition) is 4. The van der Waals surface area contributed by atoms with Crippen LogP contribution in [0.4, 0.5) is 5.69 Å². The summed E-state index contributed by atoms with van der Waals surface area (Å²) in [4.78, 5) is 16.7. The Morgan fingerprint density at radius 1 is 1.17 bits per heavy atom. The highest BCUT2D eigenvalue weighted by Crippen LogP contribution is 2.21. The van der Waals surface area contributed by atoms with Crippen LogP contribution in [0, 0.1) is 0 Å². The second-order valence-electron chi connectivity index (χ2n) is 6.34. The number of piperazine rings is 1. The molecule has 0 atom stereocenters. The van der Waals surface area contributed by atoms with Crippen LogP contribution in [0.3, 0.4) is 0 Å². The standard InChI is InChI=1S/C18H24N4O2/c1-13(2)16-12-17(20-19-16)18(23)22-10-8-21(9-11-22)14-4-6-15(24-3)7-5-14/h4-7,12-13H,8-11H2,1-3H3,(H,19,20). The van der Waals surface area contributed by atoms with Crippen LogP contribution in [0.15, 0.2) is 30.3 Å². The van der Waals surface area contributed by atoms with E-state index in [9.17, 15) is 4.79 Å². The maximum atomic E-state index is 12.6. The molecule has 1 aromatic carbocycles. The maximum absolute atomic E-state index is 12.6. The first-order chi connectivity index (χ1) is 11.6. The molecule has 2 heterocycles. The number of anilines is 1. The maximum Gasteiger partial charge on any atom is 0.274 e. The van der Waals surface area contributed by atoms with Gasteiger partial charge in [0.2, 0.25) is 0 Å². The van der Waals surface area contributed by atoms with Gasteiger partial charge in [0.05, 0.1) is 7.11 Å². The monoisotopic (exact) mass is 328 g/mol. The normalized spacial score (nSPS) is 15.0. The van der Waals surface area contributed by atoms with Crippen LogP contribution in [-0.2, 0) is 0 Å². The Morgan fingerprint density at radius 2 is 1.83 bits per heavy atom. The second-order valence-corrected chi connectivity index (χ2v) is 6.34. The minimum atomic E-state index is 0.00697. The average molecular weight is 328 g/mol. The van der Waals surface area contributed by atoms with Crippen LogP contribution in [0.2, 0.25) is 0 Å². The summed E-state index contributed by atoms with van der Waals surface area (Å²) in [6.45, 7) is 7.20. The van der Waals surface area contributed by atoms with E-state index in [2.05, 4.69) is 41.1 Å². The number of aromatic amines is 1. The van der Waals surface area contributed by atoms with Crippen LogP contribution in [0.1, 0.15) is 35.9 Å². The van der Waals surface area contributed by atoms with Gasteiger partial charge >= 0.3 is 0 Å². The van der Waals surface area contributed by atoms with E-state index < -0.39 is 0 Å². The lowest BCUT2D eigenvalue weighted by atomic mass is 10.1. The van der Waals surface area contributed by atoms with Crippen LogP contribution in [-0.4, -0.2) is 54.3 Å². The Morgan fingerprint density at radius 3 is 2.38 bits per heavy atom. The molecule has 1 aromatic heterocycles. The van der Waals surface area contributed by atoms with Crippen molar-refractivity contribution in [3.63, 3.8) is 0 Å². The number of hydrogen-bond donors (Lipinski definition) is 1. The molecule has 24 heavy (non-hydrogen) atoms. The second kappa shape index (κ2) is 6.95. The Labute approximate surface area is 142 Å². The minimum Gasteiger partial charge on any atom is -0.497 e. The number of nitrogens with one attached hydrogen (secondary N) is 1. The Hall–Kier alpha value is -2.50. The number of nitrogens with zero attached hydrogens (tertiary/aromatic N) is 3.